The van der Waals surface area contributed by atoms with Crippen molar-refractivity contribution in [3.63, 3.8) is 0 Å². The van der Waals surface area contributed by atoms with Crippen LogP contribution in [0, 0.1) is 5.92 Å². The lowest BCUT2D eigenvalue weighted by atomic mass is 10.0. The van der Waals surface area contributed by atoms with E-state index in [1.165, 1.54) is 0 Å². The Morgan fingerprint density at radius 1 is 1.45 bits per heavy atom. The van der Waals surface area contributed by atoms with E-state index in [9.17, 15) is 9.59 Å². The van der Waals surface area contributed by atoms with E-state index < -0.39 is 5.92 Å². The first kappa shape index (κ1) is 7.72. The summed E-state index contributed by atoms with van der Waals surface area (Å²) in [7, 11) is 0. The highest BCUT2D eigenvalue weighted by atomic mass is 16.1. The molecule has 0 amide bonds. The molecule has 3 nitrogen and oxygen atoms in total. The van der Waals surface area contributed by atoms with E-state index in [1.54, 1.807) is 12.3 Å². The SMILES string of the molecule is O=CC(C=O)C1=CCNC=C1. The third-order valence-electron chi connectivity index (χ3n) is 1.53. The molecule has 0 bridgehead atoms. The fourth-order valence-electron chi connectivity index (χ4n) is 0.904. The monoisotopic (exact) mass is 151 g/mol. The molecule has 0 saturated heterocycles. The van der Waals surface area contributed by atoms with Gasteiger partial charge in [0, 0.05) is 6.54 Å². The molecule has 0 radical (unpaired) electrons. The number of allylic oxidation sites excluding steroid dienone is 2. The standard InChI is InChI=1S/C8H9NO2/c10-5-8(6-11)7-1-3-9-4-2-7/h1-3,5-6,8-9H,4H2. The summed E-state index contributed by atoms with van der Waals surface area (Å²) >= 11 is 0. The van der Waals surface area contributed by atoms with Gasteiger partial charge < -0.3 is 14.9 Å². The summed E-state index contributed by atoms with van der Waals surface area (Å²) in [5.41, 5.74) is 0.772. The molecule has 1 N–H and O–H groups in total. The Hall–Kier alpha value is -1.38. The summed E-state index contributed by atoms with van der Waals surface area (Å²) in [6.07, 6.45) is 6.59. The average Bonchev–Trinajstić information content (AvgIpc) is 2.09. The van der Waals surface area contributed by atoms with Crippen molar-refractivity contribution in [1.29, 1.82) is 0 Å². The minimum Gasteiger partial charge on any atom is -0.387 e. The van der Waals surface area contributed by atoms with Crippen LogP contribution in [0.25, 0.3) is 0 Å². The topological polar surface area (TPSA) is 46.2 Å². The molecule has 0 atom stereocenters. The summed E-state index contributed by atoms with van der Waals surface area (Å²) in [4.78, 5) is 20.6. The maximum Gasteiger partial charge on any atom is 0.134 e. The van der Waals surface area contributed by atoms with Gasteiger partial charge in [0.05, 0.1) is 5.92 Å². The van der Waals surface area contributed by atoms with Crippen LogP contribution < -0.4 is 5.32 Å². The second-order valence-electron chi connectivity index (χ2n) is 2.24. The molecule has 1 heterocycles. The van der Waals surface area contributed by atoms with Crippen molar-refractivity contribution >= 4 is 12.6 Å². The fraction of sp³-hybridized carbons (Fsp3) is 0.250. The lowest BCUT2D eigenvalue weighted by molar-refractivity contribution is -0.117. The summed E-state index contributed by atoms with van der Waals surface area (Å²) in [6.45, 7) is 0.685. The maximum atomic E-state index is 10.3. The van der Waals surface area contributed by atoms with Crippen molar-refractivity contribution in [2.75, 3.05) is 6.54 Å². The summed E-state index contributed by atoms with van der Waals surface area (Å²) < 4.78 is 0. The van der Waals surface area contributed by atoms with Crippen LogP contribution in [0.15, 0.2) is 23.9 Å². The molecule has 0 fully saturated rings. The van der Waals surface area contributed by atoms with Crippen LogP contribution in [0.3, 0.4) is 0 Å². The van der Waals surface area contributed by atoms with E-state index in [0.29, 0.717) is 19.1 Å². The van der Waals surface area contributed by atoms with Gasteiger partial charge in [-0.3, -0.25) is 0 Å². The Bertz CT molecular complexity index is 210. The van der Waals surface area contributed by atoms with Crippen molar-refractivity contribution in [2.24, 2.45) is 5.92 Å². The molecule has 1 rings (SSSR count). The molecule has 1 aliphatic heterocycles. The van der Waals surface area contributed by atoms with Gasteiger partial charge in [0.25, 0.3) is 0 Å². The lowest BCUT2D eigenvalue weighted by Gasteiger charge is -2.08. The van der Waals surface area contributed by atoms with Gasteiger partial charge in [-0.2, -0.15) is 0 Å². The number of aldehydes is 2. The van der Waals surface area contributed by atoms with Gasteiger partial charge in [0.2, 0.25) is 0 Å². The first-order chi connectivity index (χ1) is 5.38. The number of hydrogen-bond acceptors (Lipinski definition) is 3. The highest BCUT2D eigenvalue weighted by molar-refractivity contribution is 5.82. The van der Waals surface area contributed by atoms with Crippen molar-refractivity contribution in [1.82, 2.24) is 5.32 Å². The Labute approximate surface area is 64.8 Å². The number of nitrogens with one attached hydrogen (secondary N) is 1. The number of carbonyl (C=O) groups is 2. The predicted octanol–water partition coefficient (Wildman–Crippen LogP) is 0.0437. The highest BCUT2D eigenvalue weighted by Gasteiger charge is 2.09. The third kappa shape index (κ3) is 1.77. The molecule has 0 aromatic rings. The predicted molar refractivity (Wildman–Crippen MR) is 40.8 cm³/mol. The molecule has 0 aromatic carbocycles. The van der Waals surface area contributed by atoms with E-state index in [1.807, 2.05) is 6.08 Å². The second-order valence-corrected chi connectivity index (χ2v) is 2.24. The van der Waals surface area contributed by atoms with Crippen LogP contribution in [0.4, 0.5) is 0 Å². The molecule has 0 aliphatic carbocycles. The van der Waals surface area contributed by atoms with Crippen LogP contribution in [-0.2, 0) is 9.59 Å². The number of rotatable bonds is 3. The van der Waals surface area contributed by atoms with E-state index in [2.05, 4.69) is 5.32 Å². The number of dihydropyridines is 1. The molecular formula is C8H9NO2. The molecule has 3 heteroatoms. The fourth-order valence-corrected chi connectivity index (χ4v) is 0.904. The van der Waals surface area contributed by atoms with Crippen LogP contribution >= 0.6 is 0 Å². The third-order valence-corrected chi connectivity index (χ3v) is 1.53. The van der Waals surface area contributed by atoms with Crippen molar-refractivity contribution in [3.8, 4) is 0 Å². The van der Waals surface area contributed by atoms with Crippen molar-refractivity contribution in [3.05, 3.63) is 23.9 Å². The lowest BCUT2D eigenvalue weighted by Crippen LogP contribution is -2.14. The average molecular weight is 151 g/mol. The van der Waals surface area contributed by atoms with E-state index >= 15 is 0 Å². The molecule has 11 heavy (non-hydrogen) atoms. The van der Waals surface area contributed by atoms with E-state index in [4.69, 9.17) is 0 Å². The first-order valence-corrected chi connectivity index (χ1v) is 3.39. The van der Waals surface area contributed by atoms with Gasteiger partial charge in [-0.05, 0) is 17.8 Å². The largest absolute Gasteiger partial charge is 0.387 e. The molecule has 0 unspecified atom stereocenters. The van der Waals surface area contributed by atoms with Gasteiger partial charge >= 0.3 is 0 Å². The van der Waals surface area contributed by atoms with Crippen molar-refractivity contribution in [2.45, 2.75) is 0 Å². The van der Waals surface area contributed by atoms with E-state index in [0.717, 1.165) is 5.57 Å². The Morgan fingerprint density at radius 2 is 2.18 bits per heavy atom. The van der Waals surface area contributed by atoms with Gasteiger partial charge in [-0.15, -0.1) is 0 Å². The van der Waals surface area contributed by atoms with Crippen LogP contribution in [0.2, 0.25) is 0 Å². The molecule has 58 valence electrons. The summed E-state index contributed by atoms with van der Waals surface area (Å²) in [5.74, 6) is -0.589. The Morgan fingerprint density at radius 3 is 2.64 bits per heavy atom. The first-order valence-electron chi connectivity index (χ1n) is 3.39. The van der Waals surface area contributed by atoms with Crippen LogP contribution in [0.5, 0.6) is 0 Å². The zero-order valence-electron chi connectivity index (χ0n) is 5.99. The van der Waals surface area contributed by atoms with Gasteiger partial charge in [0.15, 0.2) is 0 Å². The Kier molecular flexibility index (Phi) is 2.60. The Balaban J connectivity index is 2.71. The molecule has 1 aliphatic rings. The summed E-state index contributed by atoms with van der Waals surface area (Å²) in [6, 6.07) is 0. The van der Waals surface area contributed by atoms with E-state index in [-0.39, 0.29) is 0 Å². The second kappa shape index (κ2) is 3.71. The van der Waals surface area contributed by atoms with Crippen LogP contribution in [0.1, 0.15) is 0 Å². The summed E-state index contributed by atoms with van der Waals surface area (Å²) in [5, 5.41) is 2.93. The quantitative estimate of drug-likeness (QED) is 0.457. The van der Waals surface area contributed by atoms with Gasteiger partial charge in [-0.1, -0.05) is 6.08 Å². The highest BCUT2D eigenvalue weighted by Crippen LogP contribution is 2.09. The normalized spacial score (nSPS) is 15.5. The molecule has 0 spiro atoms. The number of hydrogen-bond donors (Lipinski definition) is 1. The minimum absolute atomic E-state index is 0.589. The number of carbonyl (C=O) groups excluding carboxylic acids is 2. The zero-order valence-corrected chi connectivity index (χ0v) is 5.99. The molecule has 0 aromatic heterocycles. The molecular weight excluding hydrogens is 142 g/mol. The van der Waals surface area contributed by atoms with Crippen molar-refractivity contribution < 1.29 is 9.59 Å². The van der Waals surface area contributed by atoms with Crippen LogP contribution in [-0.4, -0.2) is 19.1 Å². The maximum absolute atomic E-state index is 10.3. The van der Waals surface area contributed by atoms with Gasteiger partial charge in [0.1, 0.15) is 12.6 Å². The smallest absolute Gasteiger partial charge is 0.134 e. The minimum atomic E-state index is -0.589. The zero-order chi connectivity index (χ0) is 8.10. The van der Waals surface area contributed by atoms with Gasteiger partial charge in [-0.25, -0.2) is 0 Å². The molecule has 0 saturated carbocycles.